The molecule has 0 saturated heterocycles. The molecule has 0 unspecified atom stereocenters. The lowest BCUT2D eigenvalue weighted by atomic mass is 10.2. The Balaban J connectivity index is 1.55. The lowest BCUT2D eigenvalue weighted by Crippen LogP contribution is -2.18. The first-order valence-electron chi connectivity index (χ1n) is 6.35. The smallest absolute Gasteiger partial charge is 0.231 e. The molecule has 1 N–H and O–H groups in total. The van der Waals surface area contributed by atoms with Crippen molar-refractivity contribution >= 4 is 15.9 Å². The summed E-state index contributed by atoms with van der Waals surface area (Å²) in [6.07, 6.45) is 2.56. The molecule has 20 heavy (non-hydrogen) atoms. The van der Waals surface area contributed by atoms with Gasteiger partial charge in [0.15, 0.2) is 11.5 Å². The van der Waals surface area contributed by atoms with E-state index in [1.165, 1.54) is 0 Å². The number of rotatable bonds is 5. The summed E-state index contributed by atoms with van der Waals surface area (Å²) in [5, 5.41) is 11.3. The number of fused-ring (bicyclic) bond motifs is 1. The fourth-order valence-corrected chi connectivity index (χ4v) is 2.51. The van der Waals surface area contributed by atoms with E-state index in [0.29, 0.717) is 6.79 Å². The third-order valence-electron chi connectivity index (χ3n) is 3.19. The minimum absolute atomic E-state index is 0.296. The van der Waals surface area contributed by atoms with Gasteiger partial charge in [0, 0.05) is 31.0 Å². The minimum atomic E-state index is 0.296. The van der Waals surface area contributed by atoms with Crippen molar-refractivity contribution < 1.29 is 9.47 Å². The Bertz CT molecular complexity index is 614. The Morgan fingerprint density at radius 3 is 2.90 bits per heavy atom. The zero-order chi connectivity index (χ0) is 13.9. The van der Waals surface area contributed by atoms with Gasteiger partial charge in [0.2, 0.25) is 6.79 Å². The zero-order valence-corrected chi connectivity index (χ0v) is 12.7. The zero-order valence-electron chi connectivity index (χ0n) is 11.1. The summed E-state index contributed by atoms with van der Waals surface area (Å²) in [5.74, 6) is 2.57. The number of nitrogens with one attached hydrogen (secondary N) is 1. The van der Waals surface area contributed by atoms with Crippen LogP contribution < -0.4 is 14.8 Å². The van der Waals surface area contributed by atoms with E-state index in [4.69, 9.17) is 9.47 Å². The molecule has 6 nitrogen and oxygen atoms in total. The summed E-state index contributed by atoms with van der Waals surface area (Å²) in [6.45, 7) is 1.90. The molecule has 2 heterocycles. The summed E-state index contributed by atoms with van der Waals surface area (Å²) in [6, 6.07) is 3.95. The molecule has 0 atom stereocenters. The van der Waals surface area contributed by atoms with Gasteiger partial charge in [-0.3, -0.25) is 0 Å². The molecule has 0 fully saturated rings. The summed E-state index contributed by atoms with van der Waals surface area (Å²) in [7, 11) is 1.95. The van der Waals surface area contributed by atoms with Crippen molar-refractivity contribution in [3.63, 3.8) is 0 Å². The molecule has 0 spiro atoms. The molecule has 106 valence electrons. The fourth-order valence-electron chi connectivity index (χ4n) is 2.05. The van der Waals surface area contributed by atoms with Gasteiger partial charge >= 0.3 is 0 Å². The second-order valence-electron chi connectivity index (χ2n) is 4.58. The highest BCUT2D eigenvalue weighted by atomic mass is 79.9. The average Bonchev–Trinajstić information content (AvgIpc) is 3.03. The first kappa shape index (κ1) is 13.4. The molecular weight excluding hydrogens is 324 g/mol. The number of halogens is 1. The standard InChI is InChI=1S/C13H15BrN4O2/c1-18-7-16-17-13(18)2-3-15-6-9-4-11-12(5-10(9)14)20-8-19-11/h4-5,7,15H,2-3,6,8H2,1H3. The highest BCUT2D eigenvalue weighted by Crippen LogP contribution is 2.36. The van der Waals surface area contributed by atoms with Crippen LogP contribution in [-0.2, 0) is 20.0 Å². The fraction of sp³-hybridized carbons (Fsp3) is 0.385. The minimum Gasteiger partial charge on any atom is -0.454 e. The molecular formula is C13H15BrN4O2. The van der Waals surface area contributed by atoms with Crippen LogP contribution in [0.15, 0.2) is 22.9 Å². The van der Waals surface area contributed by atoms with Gasteiger partial charge in [-0.1, -0.05) is 15.9 Å². The molecule has 0 aliphatic carbocycles. The molecule has 3 rings (SSSR count). The number of nitrogens with zero attached hydrogens (tertiary/aromatic N) is 3. The predicted octanol–water partition coefficient (Wildman–Crippen LogP) is 1.64. The number of aromatic nitrogens is 3. The Morgan fingerprint density at radius 2 is 2.15 bits per heavy atom. The van der Waals surface area contributed by atoms with Crippen molar-refractivity contribution in [2.75, 3.05) is 13.3 Å². The van der Waals surface area contributed by atoms with E-state index in [0.717, 1.165) is 46.9 Å². The number of hydrogen-bond acceptors (Lipinski definition) is 5. The lowest BCUT2D eigenvalue weighted by Gasteiger charge is -2.08. The van der Waals surface area contributed by atoms with Crippen molar-refractivity contribution in [1.82, 2.24) is 20.1 Å². The summed E-state index contributed by atoms with van der Waals surface area (Å²) in [5.41, 5.74) is 1.15. The maximum Gasteiger partial charge on any atom is 0.231 e. The Hall–Kier alpha value is -1.60. The number of aryl methyl sites for hydroxylation is 1. The van der Waals surface area contributed by atoms with E-state index in [9.17, 15) is 0 Å². The van der Waals surface area contributed by atoms with E-state index in [1.54, 1.807) is 6.33 Å². The van der Waals surface area contributed by atoms with Gasteiger partial charge in [0.05, 0.1) is 0 Å². The molecule has 0 bridgehead atoms. The van der Waals surface area contributed by atoms with Crippen LogP contribution in [0.3, 0.4) is 0 Å². The van der Waals surface area contributed by atoms with E-state index >= 15 is 0 Å². The van der Waals surface area contributed by atoms with Gasteiger partial charge in [0.25, 0.3) is 0 Å². The Labute approximate surface area is 125 Å². The molecule has 1 aromatic heterocycles. The monoisotopic (exact) mass is 338 g/mol. The molecule has 2 aromatic rings. The molecule has 1 aliphatic heterocycles. The third-order valence-corrected chi connectivity index (χ3v) is 3.93. The topological polar surface area (TPSA) is 61.2 Å². The van der Waals surface area contributed by atoms with Gasteiger partial charge in [-0.15, -0.1) is 10.2 Å². The molecule has 1 aliphatic rings. The van der Waals surface area contributed by atoms with E-state index in [-0.39, 0.29) is 0 Å². The largest absolute Gasteiger partial charge is 0.454 e. The maximum absolute atomic E-state index is 5.38. The van der Waals surface area contributed by atoms with Crippen LogP contribution in [0.2, 0.25) is 0 Å². The van der Waals surface area contributed by atoms with E-state index in [2.05, 4.69) is 31.4 Å². The van der Waals surface area contributed by atoms with Gasteiger partial charge in [-0.05, 0) is 17.7 Å². The van der Waals surface area contributed by atoms with Crippen molar-refractivity contribution in [2.45, 2.75) is 13.0 Å². The average molecular weight is 339 g/mol. The van der Waals surface area contributed by atoms with Gasteiger partial charge < -0.3 is 19.4 Å². The maximum atomic E-state index is 5.38. The first-order chi connectivity index (χ1) is 9.74. The van der Waals surface area contributed by atoms with Crippen LogP contribution in [0.25, 0.3) is 0 Å². The Morgan fingerprint density at radius 1 is 1.35 bits per heavy atom. The van der Waals surface area contributed by atoms with E-state index in [1.807, 2.05) is 23.7 Å². The van der Waals surface area contributed by atoms with Crippen LogP contribution in [0.1, 0.15) is 11.4 Å². The van der Waals surface area contributed by atoms with Gasteiger partial charge in [0.1, 0.15) is 12.2 Å². The lowest BCUT2D eigenvalue weighted by molar-refractivity contribution is 0.174. The van der Waals surface area contributed by atoms with Crippen molar-refractivity contribution in [3.8, 4) is 11.5 Å². The Kier molecular flexibility index (Phi) is 3.88. The van der Waals surface area contributed by atoms with Crippen LogP contribution in [0.5, 0.6) is 11.5 Å². The molecule has 0 amide bonds. The van der Waals surface area contributed by atoms with Crippen molar-refractivity contribution in [3.05, 3.63) is 34.3 Å². The van der Waals surface area contributed by atoms with Crippen LogP contribution in [0.4, 0.5) is 0 Å². The third kappa shape index (κ3) is 2.78. The molecule has 0 radical (unpaired) electrons. The van der Waals surface area contributed by atoms with Crippen molar-refractivity contribution in [2.24, 2.45) is 7.05 Å². The quantitative estimate of drug-likeness (QED) is 0.840. The van der Waals surface area contributed by atoms with Crippen LogP contribution >= 0.6 is 15.9 Å². The highest BCUT2D eigenvalue weighted by molar-refractivity contribution is 9.10. The molecule has 0 saturated carbocycles. The van der Waals surface area contributed by atoms with E-state index < -0.39 is 0 Å². The SMILES string of the molecule is Cn1cnnc1CCNCc1cc2c(cc1Br)OCO2. The van der Waals surface area contributed by atoms with Gasteiger partial charge in [-0.25, -0.2) is 0 Å². The van der Waals surface area contributed by atoms with Crippen LogP contribution in [-0.4, -0.2) is 28.1 Å². The highest BCUT2D eigenvalue weighted by Gasteiger charge is 2.15. The number of hydrogen-bond donors (Lipinski definition) is 1. The van der Waals surface area contributed by atoms with Gasteiger partial charge in [-0.2, -0.15) is 0 Å². The second kappa shape index (κ2) is 5.80. The number of benzene rings is 1. The molecule has 7 heteroatoms. The second-order valence-corrected chi connectivity index (χ2v) is 5.44. The summed E-state index contributed by atoms with van der Waals surface area (Å²) < 4.78 is 13.7. The summed E-state index contributed by atoms with van der Waals surface area (Å²) in [4.78, 5) is 0. The van der Waals surface area contributed by atoms with Crippen molar-refractivity contribution in [1.29, 1.82) is 0 Å². The number of ether oxygens (including phenoxy) is 2. The van der Waals surface area contributed by atoms with Crippen LogP contribution in [0, 0.1) is 0 Å². The summed E-state index contributed by atoms with van der Waals surface area (Å²) >= 11 is 3.55. The predicted molar refractivity (Wildman–Crippen MR) is 76.7 cm³/mol. The molecule has 1 aromatic carbocycles. The first-order valence-corrected chi connectivity index (χ1v) is 7.15. The normalized spacial score (nSPS) is 12.9.